The molecule has 1 N–H and O–H groups in total. The lowest BCUT2D eigenvalue weighted by Crippen LogP contribution is -2.28. The van der Waals surface area contributed by atoms with Gasteiger partial charge in [0.15, 0.2) is 0 Å². The molecule has 0 aromatic heterocycles. The third kappa shape index (κ3) is 4.24. The van der Waals surface area contributed by atoms with Crippen molar-refractivity contribution in [3.63, 3.8) is 0 Å². The number of amides is 2. The molecular formula is C21H23ClN2O5. The zero-order chi connectivity index (χ0) is 21.1. The Kier molecular flexibility index (Phi) is 6.17. The number of carbonyl (C=O) groups is 2. The lowest BCUT2D eigenvalue weighted by molar-refractivity contribution is -0.122. The molecule has 0 spiro atoms. The van der Waals surface area contributed by atoms with Crippen LogP contribution in [0, 0.1) is 12.8 Å². The van der Waals surface area contributed by atoms with Crippen LogP contribution < -0.4 is 24.4 Å². The molecule has 1 atom stereocenters. The van der Waals surface area contributed by atoms with Crippen molar-refractivity contribution < 1.29 is 23.8 Å². The predicted octanol–water partition coefficient (Wildman–Crippen LogP) is 3.67. The first-order valence-corrected chi connectivity index (χ1v) is 9.43. The van der Waals surface area contributed by atoms with Gasteiger partial charge in [-0.15, -0.1) is 0 Å². The number of nitrogens with one attached hydrogen (secondary N) is 1. The van der Waals surface area contributed by atoms with Gasteiger partial charge in [-0.3, -0.25) is 9.59 Å². The van der Waals surface area contributed by atoms with E-state index in [-0.39, 0.29) is 24.8 Å². The van der Waals surface area contributed by atoms with Crippen LogP contribution in [0.2, 0.25) is 5.02 Å². The van der Waals surface area contributed by atoms with E-state index in [0.717, 1.165) is 5.56 Å². The molecule has 0 unspecified atom stereocenters. The van der Waals surface area contributed by atoms with E-state index < -0.39 is 5.92 Å². The van der Waals surface area contributed by atoms with Crippen LogP contribution in [0.3, 0.4) is 0 Å². The minimum Gasteiger partial charge on any atom is -0.495 e. The van der Waals surface area contributed by atoms with Crippen molar-refractivity contribution in [1.29, 1.82) is 0 Å². The Morgan fingerprint density at radius 3 is 2.41 bits per heavy atom. The van der Waals surface area contributed by atoms with Crippen molar-refractivity contribution in [3.8, 4) is 17.2 Å². The largest absolute Gasteiger partial charge is 0.495 e. The number of hydrogen-bond acceptors (Lipinski definition) is 5. The third-order valence-electron chi connectivity index (χ3n) is 4.85. The van der Waals surface area contributed by atoms with Gasteiger partial charge in [0.05, 0.1) is 43.6 Å². The maximum Gasteiger partial charge on any atom is 0.229 e. The Balaban J connectivity index is 1.81. The first kappa shape index (κ1) is 20.8. The van der Waals surface area contributed by atoms with Crippen LogP contribution >= 0.6 is 11.6 Å². The van der Waals surface area contributed by atoms with Crippen LogP contribution in [-0.2, 0) is 9.59 Å². The van der Waals surface area contributed by atoms with Crippen molar-refractivity contribution in [2.24, 2.45) is 5.92 Å². The number of nitrogens with zero attached hydrogens (tertiary/aromatic N) is 1. The summed E-state index contributed by atoms with van der Waals surface area (Å²) in [4.78, 5) is 27.0. The van der Waals surface area contributed by atoms with Crippen LogP contribution in [0.5, 0.6) is 17.2 Å². The van der Waals surface area contributed by atoms with Crippen LogP contribution in [0.25, 0.3) is 0 Å². The zero-order valence-electron chi connectivity index (χ0n) is 16.7. The monoisotopic (exact) mass is 418 g/mol. The highest BCUT2D eigenvalue weighted by Gasteiger charge is 2.37. The summed E-state index contributed by atoms with van der Waals surface area (Å²) in [5.74, 6) is 0.511. The molecule has 8 heteroatoms. The highest BCUT2D eigenvalue weighted by molar-refractivity contribution is 6.32. The lowest BCUT2D eigenvalue weighted by Gasteiger charge is -2.21. The summed E-state index contributed by atoms with van der Waals surface area (Å²) >= 11 is 6.23. The van der Waals surface area contributed by atoms with E-state index in [4.69, 9.17) is 25.8 Å². The summed E-state index contributed by atoms with van der Waals surface area (Å²) in [6, 6.07) is 8.75. The number of hydrogen-bond donors (Lipinski definition) is 1. The van der Waals surface area contributed by atoms with Gasteiger partial charge in [-0.05, 0) is 30.7 Å². The third-order valence-corrected chi connectivity index (χ3v) is 5.15. The van der Waals surface area contributed by atoms with Gasteiger partial charge in [-0.2, -0.15) is 0 Å². The average Bonchev–Trinajstić information content (AvgIpc) is 3.09. The lowest BCUT2D eigenvalue weighted by atomic mass is 10.1. The predicted molar refractivity (Wildman–Crippen MR) is 111 cm³/mol. The number of aryl methyl sites for hydroxylation is 1. The van der Waals surface area contributed by atoms with Crippen molar-refractivity contribution in [2.75, 3.05) is 38.1 Å². The SMILES string of the molecule is COc1cc(OC)c(N2C[C@@H](C(=O)Nc3cc(C)ccc3OC)CC2=O)cc1Cl. The van der Waals surface area contributed by atoms with Crippen LogP contribution in [0.1, 0.15) is 12.0 Å². The molecule has 0 radical (unpaired) electrons. The Morgan fingerprint density at radius 2 is 1.76 bits per heavy atom. The van der Waals surface area contributed by atoms with E-state index in [0.29, 0.717) is 33.6 Å². The minimum absolute atomic E-state index is 0.0900. The van der Waals surface area contributed by atoms with Crippen molar-refractivity contribution >= 4 is 34.8 Å². The number of anilines is 2. The first-order chi connectivity index (χ1) is 13.9. The smallest absolute Gasteiger partial charge is 0.229 e. The van der Waals surface area contributed by atoms with E-state index in [1.54, 1.807) is 25.3 Å². The molecule has 1 aliphatic heterocycles. The van der Waals surface area contributed by atoms with Gasteiger partial charge in [0.1, 0.15) is 17.2 Å². The Bertz CT molecular complexity index is 947. The van der Waals surface area contributed by atoms with Gasteiger partial charge in [0, 0.05) is 19.0 Å². The number of carbonyl (C=O) groups excluding carboxylic acids is 2. The number of ether oxygens (including phenoxy) is 3. The second-order valence-electron chi connectivity index (χ2n) is 6.76. The molecule has 0 bridgehead atoms. The van der Waals surface area contributed by atoms with Gasteiger partial charge in [-0.25, -0.2) is 0 Å². The fourth-order valence-electron chi connectivity index (χ4n) is 3.33. The first-order valence-electron chi connectivity index (χ1n) is 9.05. The Labute approximate surface area is 174 Å². The molecule has 2 aromatic carbocycles. The highest BCUT2D eigenvalue weighted by Crippen LogP contribution is 2.40. The number of halogens is 1. The van der Waals surface area contributed by atoms with E-state index in [1.807, 2.05) is 19.1 Å². The van der Waals surface area contributed by atoms with E-state index >= 15 is 0 Å². The molecule has 154 valence electrons. The second kappa shape index (κ2) is 8.61. The Hall–Kier alpha value is -2.93. The van der Waals surface area contributed by atoms with Crippen molar-refractivity contribution in [3.05, 3.63) is 40.9 Å². The van der Waals surface area contributed by atoms with Gasteiger partial charge >= 0.3 is 0 Å². The maximum atomic E-state index is 12.8. The molecule has 1 fully saturated rings. The zero-order valence-corrected chi connectivity index (χ0v) is 17.5. The van der Waals surface area contributed by atoms with Crippen LogP contribution in [0.15, 0.2) is 30.3 Å². The number of benzene rings is 2. The summed E-state index contributed by atoms with van der Waals surface area (Å²) in [6.45, 7) is 2.15. The maximum absolute atomic E-state index is 12.8. The van der Waals surface area contributed by atoms with Crippen LogP contribution in [0.4, 0.5) is 11.4 Å². The fourth-order valence-corrected chi connectivity index (χ4v) is 3.56. The molecule has 0 saturated carbocycles. The average molecular weight is 419 g/mol. The minimum atomic E-state index is -0.515. The normalized spacial score (nSPS) is 16.0. The van der Waals surface area contributed by atoms with Gasteiger partial charge in [0.2, 0.25) is 11.8 Å². The second-order valence-corrected chi connectivity index (χ2v) is 7.16. The van der Waals surface area contributed by atoms with E-state index in [1.165, 1.54) is 19.1 Å². The van der Waals surface area contributed by atoms with Gasteiger partial charge in [-0.1, -0.05) is 17.7 Å². The molecule has 3 rings (SSSR count). The van der Waals surface area contributed by atoms with E-state index in [2.05, 4.69) is 5.32 Å². The summed E-state index contributed by atoms with van der Waals surface area (Å²) in [5, 5.41) is 3.23. The molecule has 0 aliphatic carbocycles. The fraction of sp³-hybridized carbons (Fsp3) is 0.333. The molecule has 29 heavy (non-hydrogen) atoms. The molecule has 2 amide bonds. The van der Waals surface area contributed by atoms with Gasteiger partial charge in [0.25, 0.3) is 0 Å². The summed E-state index contributed by atoms with van der Waals surface area (Å²) in [7, 11) is 4.54. The molecule has 1 aliphatic rings. The topological polar surface area (TPSA) is 77.1 Å². The van der Waals surface area contributed by atoms with Gasteiger partial charge < -0.3 is 24.4 Å². The van der Waals surface area contributed by atoms with Crippen molar-refractivity contribution in [1.82, 2.24) is 0 Å². The molecular weight excluding hydrogens is 396 g/mol. The van der Waals surface area contributed by atoms with E-state index in [9.17, 15) is 9.59 Å². The Morgan fingerprint density at radius 1 is 1.07 bits per heavy atom. The summed E-state index contributed by atoms with van der Waals surface area (Å²) in [6.07, 6.45) is 0.0900. The highest BCUT2D eigenvalue weighted by atomic mass is 35.5. The molecule has 2 aromatic rings. The molecule has 1 heterocycles. The summed E-state index contributed by atoms with van der Waals surface area (Å²) in [5.41, 5.74) is 2.07. The van der Waals surface area contributed by atoms with Crippen molar-refractivity contribution in [2.45, 2.75) is 13.3 Å². The number of methoxy groups -OCH3 is 3. The van der Waals surface area contributed by atoms with Crippen LogP contribution in [-0.4, -0.2) is 39.7 Å². The molecule has 7 nitrogen and oxygen atoms in total. The molecule has 1 saturated heterocycles. The number of rotatable bonds is 6. The quantitative estimate of drug-likeness (QED) is 0.774. The standard InChI is InChI=1S/C21H23ClN2O5/c1-12-5-6-17(27-2)15(7-12)23-21(26)13-8-20(25)24(11-13)16-9-14(22)18(28-3)10-19(16)29-4/h5-7,9-10,13H,8,11H2,1-4H3,(H,23,26)/t13-/m0/s1. The summed E-state index contributed by atoms with van der Waals surface area (Å²) < 4.78 is 15.9.